The van der Waals surface area contributed by atoms with Crippen LogP contribution in [0.3, 0.4) is 0 Å². The van der Waals surface area contributed by atoms with E-state index < -0.39 is 0 Å². The zero-order valence-electron chi connectivity index (χ0n) is 19.1. The molecular formula is C12H40Cl25NO2. The third kappa shape index (κ3) is 90.4. The van der Waals surface area contributed by atoms with Crippen LogP contribution >= 0.6 is 309 Å². The van der Waals surface area contributed by atoms with Crippen LogP contribution in [0.15, 0.2) is 24.3 Å². The second-order valence-electron chi connectivity index (χ2n) is 3.48. The van der Waals surface area contributed by atoms with Gasteiger partial charge in [-0.05, 0) is 25.0 Å². The van der Waals surface area contributed by atoms with Gasteiger partial charge < -0.3 is 10.5 Å². The SMILES string of the molecule is CCOC(=O)[C@@H](CN)Cc1ccccc1Cl.Cl.Cl.Cl.Cl.Cl.Cl.Cl.Cl.Cl.Cl.Cl.Cl.Cl.Cl.Cl.Cl.Cl.Cl.Cl.Cl.Cl.Cl.Cl.Cl. The Morgan fingerprint density at radius 2 is 0.900 bits per heavy atom. The van der Waals surface area contributed by atoms with Gasteiger partial charge in [0.15, 0.2) is 0 Å². The molecule has 0 aliphatic carbocycles. The maximum Gasteiger partial charge on any atom is 0.310 e. The lowest BCUT2D eigenvalue weighted by atomic mass is 9.99. The van der Waals surface area contributed by atoms with Gasteiger partial charge in [0.05, 0.1) is 12.5 Å². The summed E-state index contributed by atoms with van der Waals surface area (Å²) in [5.41, 5.74) is 6.48. The molecule has 1 aromatic rings. The molecule has 0 fully saturated rings. The molecule has 1 aromatic carbocycles. The summed E-state index contributed by atoms with van der Waals surface area (Å²) in [6.07, 6.45) is 0.523. The van der Waals surface area contributed by atoms with Gasteiger partial charge in [0.2, 0.25) is 0 Å². The van der Waals surface area contributed by atoms with Crippen LogP contribution in [0.25, 0.3) is 0 Å². The molecule has 0 heterocycles. The molecule has 0 bridgehead atoms. The summed E-state index contributed by atoms with van der Waals surface area (Å²) in [5, 5.41) is 0.658. The number of benzene rings is 1. The first-order valence-corrected chi connectivity index (χ1v) is 5.67. The lowest BCUT2D eigenvalue weighted by molar-refractivity contribution is -0.147. The zero-order valence-corrected chi connectivity index (χ0v) is 39.4. The maximum atomic E-state index is 11.5. The maximum absolute atomic E-state index is 11.5. The molecule has 3 nitrogen and oxygen atoms in total. The number of nitrogens with two attached hydrogens (primary N) is 1. The largest absolute Gasteiger partial charge is 0.466 e. The molecule has 280 valence electrons. The number of carbonyl (C=O) groups is 1. The Morgan fingerprint density at radius 1 is 0.625 bits per heavy atom. The number of hydrogen-bond acceptors (Lipinski definition) is 3. The number of hydrogen-bond donors (Lipinski definition) is 1. The van der Waals surface area contributed by atoms with Crippen LogP contribution in [0.2, 0.25) is 5.02 Å². The van der Waals surface area contributed by atoms with E-state index in [0.29, 0.717) is 18.1 Å². The first-order chi connectivity index (χ1) is 7.69. The summed E-state index contributed by atoms with van der Waals surface area (Å²) < 4.78 is 4.94. The van der Waals surface area contributed by atoms with Gasteiger partial charge in [-0.25, -0.2) is 0 Å². The topological polar surface area (TPSA) is 52.3 Å². The van der Waals surface area contributed by atoms with E-state index in [-0.39, 0.29) is 316 Å². The average Bonchev–Trinajstić information content (AvgIpc) is 2.28. The molecule has 0 aliphatic heterocycles. The fourth-order valence-corrected chi connectivity index (χ4v) is 1.67. The Kier molecular flexibility index (Phi) is 622. The minimum atomic E-state index is -0.320. The molecule has 0 aliphatic rings. The molecule has 28 heteroatoms. The average molecular weight is 1120 g/mol. The summed E-state index contributed by atoms with van der Waals surface area (Å²) in [4.78, 5) is 11.5. The van der Waals surface area contributed by atoms with Gasteiger partial charge >= 0.3 is 5.97 Å². The highest BCUT2D eigenvalue weighted by Gasteiger charge is 2.19. The predicted molar refractivity (Wildman–Crippen MR) is 238 cm³/mol. The van der Waals surface area contributed by atoms with E-state index in [9.17, 15) is 4.79 Å². The number of ether oxygens (including phenoxy) is 1. The van der Waals surface area contributed by atoms with Crippen LogP contribution < -0.4 is 5.73 Å². The van der Waals surface area contributed by atoms with E-state index in [1.807, 2.05) is 18.2 Å². The van der Waals surface area contributed by atoms with Gasteiger partial charge in [-0.2, -0.15) is 0 Å². The molecular weight excluding hydrogens is 1080 g/mol. The zero-order chi connectivity index (χ0) is 12.0. The van der Waals surface area contributed by atoms with Crippen LogP contribution in [0.5, 0.6) is 0 Å². The minimum absolute atomic E-state index is 0. The second-order valence-corrected chi connectivity index (χ2v) is 3.89. The van der Waals surface area contributed by atoms with Crippen molar-refractivity contribution in [1.82, 2.24) is 0 Å². The summed E-state index contributed by atoms with van der Waals surface area (Å²) in [7, 11) is 0. The third-order valence-electron chi connectivity index (χ3n) is 2.33. The molecule has 40 heavy (non-hydrogen) atoms. The van der Waals surface area contributed by atoms with E-state index >= 15 is 0 Å². The number of carbonyl (C=O) groups excluding carboxylic acids is 1. The Hall–Kier alpha value is 5.90. The fourth-order valence-electron chi connectivity index (χ4n) is 1.45. The van der Waals surface area contributed by atoms with Crippen molar-refractivity contribution < 1.29 is 9.53 Å². The van der Waals surface area contributed by atoms with Gasteiger partial charge in [-0.1, -0.05) is 29.8 Å². The van der Waals surface area contributed by atoms with E-state index in [1.54, 1.807) is 13.0 Å². The highest BCUT2D eigenvalue weighted by Crippen LogP contribution is 2.19. The molecule has 0 saturated heterocycles. The number of halogens is 25. The first-order valence-electron chi connectivity index (χ1n) is 5.29. The Balaban J connectivity index is -0.00000000485. The van der Waals surface area contributed by atoms with Crippen molar-refractivity contribution in [3.8, 4) is 0 Å². The molecule has 1 rings (SSSR count). The lowest BCUT2D eigenvalue weighted by Crippen LogP contribution is -2.27. The van der Waals surface area contributed by atoms with Crippen molar-refractivity contribution in [3.05, 3.63) is 34.9 Å². The standard InChI is InChI=1S/C12H16ClNO2.24ClH/c1-2-16-12(15)10(8-14)7-9-5-3-4-6-11(9)13;;;;;;;;;;;;;;;;;;;;;;;;/h3-6,10H,2,7-8,14H2,1H3;24*1H/t10-;;;;;;;;;;;;;;;;;;;;;;;;/m1......................../s1. The first kappa shape index (κ1) is 193. The summed E-state index contributed by atoms with van der Waals surface area (Å²) in [6.45, 7) is 2.42. The molecule has 0 saturated carbocycles. The molecule has 0 radical (unpaired) electrons. The third-order valence-corrected chi connectivity index (χ3v) is 2.70. The van der Waals surface area contributed by atoms with E-state index in [4.69, 9.17) is 22.1 Å². The van der Waals surface area contributed by atoms with Crippen molar-refractivity contribution in [2.75, 3.05) is 13.2 Å². The second kappa shape index (κ2) is 129. The van der Waals surface area contributed by atoms with Crippen LogP contribution in [-0.4, -0.2) is 19.1 Å². The Labute approximate surface area is 392 Å². The van der Waals surface area contributed by atoms with Gasteiger partial charge in [-0.3, -0.25) is 4.79 Å². The van der Waals surface area contributed by atoms with Crippen molar-refractivity contribution in [3.63, 3.8) is 0 Å². The van der Waals surface area contributed by atoms with Crippen molar-refractivity contribution in [2.24, 2.45) is 11.7 Å². The van der Waals surface area contributed by atoms with Crippen LogP contribution in [0, 0.1) is 5.92 Å². The number of rotatable bonds is 5. The normalized spacial score (nSPS) is 4.88. The lowest BCUT2D eigenvalue weighted by Gasteiger charge is -2.14. The van der Waals surface area contributed by atoms with Crippen LogP contribution in [-0.2, 0) is 16.0 Å². The smallest absolute Gasteiger partial charge is 0.310 e. The quantitative estimate of drug-likeness (QED) is 0.299. The minimum Gasteiger partial charge on any atom is -0.466 e. The van der Waals surface area contributed by atoms with E-state index in [1.165, 1.54) is 0 Å². The van der Waals surface area contributed by atoms with Gasteiger partial charge in [0, 0.05) is 11.6 Å². The highest BCUT2D eigenvalue weighted by molar-refractivity contribution is 6.31. The number of esters is 1. The summed E-state index contributed by atoms with van der Waals surface area (Å²) in [5.74, 6) is -0.579. The van der Waals surface area contributed by atoms with E-state index in [0.717, 1.165) is 5.56 Å². The molecule has 0 aromatic heterocycles. The van der Waals surface area contributed by atoms with Crippen LogP contribution in [0.4, 0.5) is 0 Å². The molecule has 0 unspecified atom stereocenters. The molecule has 0 spiro atoms. The van der Waals surface area contributed by atoms with Crippen molar-refractivity contribution >= 4 is 315 Å². The molecule has 1 atom stereocenters. The van der Waals surface area contributed by atoms with Gasteiger partial charge in [-0.15, -0.1) is 298 Å². The molecule has 2 N–H and O–H groups in total. The summed E-state index contributed by atoms with van der Waals surface area (Å²) >= 11 is 6.01. The van der Waals surface area contributed by atoms with Gasteiger partial charge in [0.1, 0.15) is 0 Å². The van der Waals surface area contributed by atoms with Crippen LogP contribution in [0.1, 0.15) is 12.5 Å². The Morgan fingerprint density at radius 3 is 1.12 bits per heavy atom. The predicted octanol–water partition coefficient (Wildman–Crippen LogP) is 12.1. The molecule has 0 amide bonds. The van der Waals surface area contributed by atoms with Gasteiger partial charge in [0.25, 0.3) is 0 Å². The van der Waals surface area contributed by atoms with E-state index in [2.05, 4.69) is 0 Å². The fraction of sp³-hybridized carbons (Fsp3) is 0.417. The summed E-state index contributed by atoms with van der Waals surface area (Å²) in [6, 6.07) is 7.44. The Bertz CT molecular complexity index is 387. The van der Waals surface area contributed by atoms with Crippen molar-refractivity contribution in [2.45, 2.75) is 13.3 Å². The highest BCUT2D eigenvalue weighted by atomic mass is 35.5. The monoisotopic (exact) mass is 1100 g/mol. The van der Waals surface area contributed by atoms with Crippen molar-refractivity contribution in [1.29, 1.82) is 0 Å².